The van der Waals surface area contributed by atoms with Crippen molar-refractivity contribution in [1.29, 1.82) is 0 Å². The molecule has 0 saturated carbocycles. The molecule has 0 aromatic heterocycles. The van der Waals surface area contributed by atoms with E-state index >= 15 is 0 Å². The number of nitrogens with zero attached hydrogens (tertiary/aromatic N) is 2. The van der Waals surface area contributed by atoms with Crippen LogP contribution >= 0.6 is 23.4 Å². The van der Waals surface area contributed by atoms with Gasteiger partial charge in [-0.25, -0.2) is 4.79 Å². The van der Waals surface area contributed by atoms with Gasteiger partial charge in [-0.15, -0.1) is 0 Å². The first-order chi connectivity index (χ1) is 13.7. The van der Waals surface area contributed by atoms with Gasteiger partial charge in [0.05, 0.1) is 0 Å². The Balaban J connectivity index is 1.61. The molecule has 0 bridgehead atoms. The van der Waals surface area contributed by atoms with Crippen LogP contribution in [-0.4, -0.2) is 52.9 Å². The van der Waals surface area contributed by atoms with Crippen molar-refractivity contribution in [3.63, 3.8) is 0 Å². The van der Waals surface area contributed by atoms with Crippen LogP contribution in [0.15, 0.2) is 18.2 Å². The quantitative estimate of drug-likeness (QED) is 0.589. The van der Waals surface area contributed by atoms with Crippen LogP contribution in [0.4, 0.5) is 9.59 Å². The van der Waals surface area contributed by atoms with Crippen LogP contribution in [0.25, 0.3) is 0 Å². The van der Waals surface area contributed by atoms with Gasteiger partial charge in [0.15, 0.2) is 0 Å². The molecule has 2 aliphatic rings. The fourth-order valence-corrected chi connectivity index (χ4v) is 5.02. The summed E-state index contributed by atoms with van der Waals surface area (Å²) >= 11 is 7.62. The first-order valence-corrected chi connectivity index (χ1v) is 11.8. The second kappa shape index (κ2) is 9.61. The molecular weight excluding hydrogens is 408 g/mol. The van der Waals surface area contributed by atoms with Gasteiger partial charge in [-0.1, -0.05) is 29.4 Å². The number of piperidine rings is 1. The number of hydrogen-bond acceptors (Lipinski definition) is 4. The fraction of sp³-hybridized carbons (Fsp3) is 0.636. The largest absolute Gasteiger partial charge is 0.444 e. The number of rotatable bonds is 3. The van der Waals surface area contributed by atoms with Crippen LogP contribution in [0, 0.1) is 0 Å². The number of carbonyl (C=O) groups is 2. The molecule has 2 aliphatic heterocycles. The normalized spacial score (nSPS) is 18.2. The van der Waals surface area contributed by atoms with E-state index in [2.05, 4.69) is 6.07 Å². The molecule has 5 nitrogen and oxygen atoms in total. The molecule has 2 saturated heterocycles. The van der Waals surface area contributed by atoms with Crippen molar-refractivity contribution in [3.05, 3.63) is 34.3 Å². The highest BCUT2D eigenvalue weighted by Gasteiger charge is 2.28. The molecule has 29 heavy (non-hydrogen) atoms. The van der Waals surface area contributed by atoms with Gasteiger partial charge in [0.25, 0.3) is 5.24 Å². The zero-order valence-corrected chi connectivity index (χ0v) is 19.2. The standard InChI is InChI=1S/C22H31ClN2O3S/c1-22(2,3)28-20(26)24-12-8-16(9-13-24)19-7-6-18(23)14-17(19)15-29-21(27)25-10-4-5-11-25/h6-7,14,16H,4-5,8-13,15H2,1-3H3. The third-order valence-corrected chi connectivity index (χ3v) is 6.60. The summed E-state index contributed by atoms with van der Waals surface area (Å²) in [6.45, 7) is 8.77. The second-order valence-electron chi connectivity index (χ2n) is 8.83. The van der Waals surface area contributed by atoms with Crippen molar-refractivity contribution < 1.29 is 14.3 Å². The Morgan fingerprint density at radius 1 is 1.10 bits per heavy atom. The molecule has 2 heterocycles. The summed E-state index contributed by atoms with van der Waals surface area (Å²) in [5.41, 5.74) is 1.90. The minimum absolute atomic E-state index is 0.160. The lowest BCUT2D eigenvalue weighted by Gasteiger charge is -2.34. The van der Waals surface area contributed by atoms with E-state index < -0.39 is 5.60 Å². The van der Waals surface area contributed by atoms with Gasteiger partial charge in [0.2, 0.25) is 0 Å². The summed E-state index contributed by atoms with van der Waals surface area (Å²) < 4.78 is 5.50. The molecule has 0 N–H and O–H groups in total. The molecule has 0 spiro atoms. The third kappa shape index (κ3) is 6.29. The van der Waals surface area contributed by atoms with Crippen molar-refractivity contribution in [2.75, 3.05) is 26.2 Å². The third-order valence-electron chi connectivity index (χ3n) is 5.41. The smallest absolute Gasteiger partial charge is 0.410 e. The molecule has 7 heteroatoms. The summed E-state index contributed by atoms with van der Waals surface area (Å²) in [5, 5.41) is 0.859. The Morgan fingerprint density at radius 2 is 1.76 bits per heavy atom. The van der Waals surface area contributed by atoms with Crippen molar-refractivity contribution in [3.8, 4) is 0 Å². The van der Waals surface area contributed by atoms with E-state index in [4.69, 9.17) is 16.3 Å². The van der Waals surface area contributed by atoms with Crippen LogP contribution < -0.4 is 0 Å². The zero-order chi connectivity index (χ0) is 21.0. The summed E-state index contributed by atoms with van der Waals surface area (Å²) in [5.74, 6) is 1.00. The van der Waals surface area contributed by atoms with Gasteiger partial charge >= 0.3 is 6.09 Å². The molecule has 1 aromatic rings. The Hall–Kier alpha value is -1.40. The molecule has 2 fully saturated rings. The van der Waals surface area contributed by atoms with Crippen LogP contribution in [0.5, 0.6) is 0 Å². The van der Waals surface area contributed by atoms with Gasteiger partial charge in [-0.2, -0.15) is 0 Å². The Bertz CT molecular complexity index is 736. The second-order valence-corrected chi connectivity index (χ2v) is 10.2. The zero-order valence-electron chi connectivity index (χ0n) is 17.6. The number of thioether (sulfide) groups is 1. The first kappa shape index (κ1) is 22.3. The average Bonchev–Trinajstić information content (AvgIpc) is 3.20. The molecule has 2 amide bonds. The number of amides is 2. The van der Waals surface area contributed by atoms with Gasteiger partial charge in [-0.3, -0.25) is 4.79 Å². The Morgan fingerprint density at radius 3 is 2.38 bits per heavy atom. The highest BCUT2D eigenvalue weighted by atomic mass is 35.5. The number of benzene rings is 1. The number of hydrogen-bond donors (Lipinski definition) is 0. The predicted molar refractivity (Wildman–Crippen MR) is 119 cm³/mol. The lowest BCUT2D eigenvalue weighted by atomic mass is 9.87. The first-order valence-electron chi connectivity index (χ1n) is 10.4. The predicted octanol–water partition coefficient (Wildman–Crippen LogP) is 5.90. The lowest BCUT2D eigenvalue weighted by Crippen LogP contribution is -2.41. The van der Waals surface area contributed by atoms with Crippen molar-refractivity contribution in [2.45, 2.75) is 63.7 Å². The lowest BCUT2D eigenvalue weighted by molar-refractivity contribution is 0.0204. The number of ether oxygens (including phenoxy) is 1. The number of halogens is 1. The van der Waals surface area contributed by atoms with Crippen molar-refractivity contribution >= 4 is 34.7 Å². The fourth-order valence-electron chi connectivity index (χ4n) is 3.93. The van der Waals surface area contributed by atoms with Crippen LogP contribution in [0.1, 0.15) is 63.5 Å². The van der Waals surface area contributed by atoms with Gasteiger partial charge in [0, 0.05) is 37.0 Å². The summed E-state index contributed by atoms with van der Waals surface area (Å²) in [6, 6.07) is 6.00. The maximum Gasteiger partial charge on any atom is 0.410 e. The molecule has 0 atom stereocenters. The molecule has 1 aromatic carbocycles. The van der Waals surface area contributed by atoms with E-state index in [0.29, 0.717) is 29.8 Å². The van der Waals surface area contributed by atoms with Crippen LogP contribution in [-0.2, 0) is 10.5 Å². The summed E-state index contributed by atoms with van der Waals surface area (Å²) in [4.78, 5) is 28.5. The SMILES string of the molecule is CC(C)(C)OC(=O)N1CCC(c2ccc(Cl)cc2CSC(=O)N2CCCC2)CC1. The Kier molecular flexibility index (Phi) is 7.38. The maximum atomic E-state index is 12.4. The Labute approximate surface area is 183 Å². The van der Waals surface area contributed by atoms with E-state index in [-0.39, 0.29) is 11.3 Å². The van der Waals surface area contributed by atoms with E-state index in [9.17, 15) is 9.59 Å². The monoisotopic (exact) mass is 438 g/mol. The maximum absolute atomic E-state index is 12.4. The van der Waals surface area contributed by atoms with Crippen LogP contribution in [0.3, 0.4) is 0 Å². The van der Waals surface area contributed by atoms with E-state index in [1.54, 1.807) is 4.90 Å². The van der Waals surface area contributed by atoms with Crippen LogP contribution in [0.2, 0.25) is 5.02 Å². The van der Waals surface area contributed by atoms with E-state index in [0.717, 1.165) is 44.3 Å². The summed E-state index contributed by atoms with van der Waals surface area (Å²) in [6.07, 6.45) is 3.74. The van der Waals surface area contributed by atoms with Crippen molar-refractivity contribution in [1.82, 2.24) is 9.80 Å². The highest BCUT2D eigenvalue weighted by Crippen LogP contribution is 2.34. The molecule has 0 radical (unpaired) electrons. The number of carbonyl (C=O) groups excluding carboxylic acids is 2. The molecule has 0 aliphatic carbocycles. The van der Waals surface area contributed by atoms with Crippen molar-refractivity contribution in [2.24, 2.45) is 0 Å². The highest BCUT2D eigenvalue weighted by molar-refractivity contribution is 8.12. The van der Waals surface area contributed by atoms with Gasteiger partial charge in [0.1, 0.15) is 5.60 Å². The van der Waals surface area contributed by atoms with Gasteiger partial charge < -0.3 is 14.5 Å². The topological polar surface area (TPSA) is 49.9 Å². The van der Waals surface area contributed by atoms with E-state index in [1.807, 2.05) is 37.8 Å². The average molecular weight is 439 g/mol. The van der Waals surface area contributed by atoms with E-state index in [1.165, 1.54) is 17.3 Å². The van der Waals surface area contributed by atoms with Gasteiger partial charge in [-0.05, 0) is 75.6 Å². The summed E-state index contributed by atoms with van der Waals surface area (Å²) in [7, 11) is 0. The minimum Gasteiger partial charge on any atom is -0.444 e. The molecule has 3 rings (SSSR count). The molecule has 160 valence electrons. The minimum atomic E-state index is -0.476. The number of likely N-dealkylation sites (tertiary alicyclic amines) is 2. The molecular formula is C22H31ClN2O3S. The molecule has 0 unspecified atom stereocenters.